The van der Waals surface area contributed by atoms with Crippen molar-refractivity contribution in [3.8, 4) is 5.75 Å². The molecule has 0 aromatic heterocycles. The summed E-state index contributed by atoms with van der Waals surface area (Å²) in [5, 5.41) is 20.2. The van der Waals surface area contributed by atoms with Crippen LogP contribution in [0.25, 0.3) is 0 Å². The molecule has 2 aliphatic heterocycles. The molecule has 220 valence electrons. The minimum atomic E-state index is -0.474. The van der Waals surface area contributed by atoms with Gasteiger partial charge in [0.25, 0.3) is 11.6 Å². The number of nitrogens with one attached hydrogen (secondary N) is 1. The van der Waals surface area contributed by atoms with Crippen LogP contribution in [0.5, 0.6) is 5.75 Å². The fourth-order valence-corrected chi connectivity index (χ4v) is 4.75. The summed E-state index contributed by atoms with van der Waals surface area (Å²) in [5.41, 5.74) is 1.69. The minimum absolute atomic E-state index is 0.0206. The summed E-state index contributed by atoms with van der Waals surface area (Å²) >= 11 is 0. The van der Waals surface area contributed by atoms with Crippen LogP contribution in [0.15, 0.2) is 53.6 Å². The first kappa shape index (κ1) is 29.9. The molecule has 1 atom stereocenters. The first-order valence-corrected chi connectivity index (χ1v) is 13.7. The SMILES string of the molecule is COc1ccc([C@H]2CC(c3ccc([N+](=O)[O-])cc3)=NN2C(=O)CN(CCN2CCOCC2)C(=O)NC(C)(C)C)cc1. The molecular formula is C29H38N6O6. The average Bonchev–Trinajstić information content (AvgIpc) is 3.40. The van der Waals surface area contributed by atoms with Gasteiger partial charge in [0, 0.05) is 50.3 Å². The molecule has 0 saturated carbocycles. The molecule has 0 aliphatic carbocycles. The Morgan fingerprint density at radius 3 is 2.37 bits per heavy atom. The number of rotatable bonds is 9. The van der Waals surface area contributed by atoms with Crippen molar-refractivity contribution in [2.75, 3.05) is 53.0 Å². The predicted molar refractivity (Wildman–Crippen MR) is 154 cm³/mol. The standard InChI is InChI=1S/C29H38N6O6/c1-29(2,3)30-28(37)33(14-13-32-15-17-41-18-16-32)20-27(36)34-26(22-7-11-24(40-4)12-8-22)19-25(31-34)21-5-9-23(10-6-21)35(38)39/h5-12,26H,13-20H2,1-4H3,(H,30,37)/t26-/m1/s1. The Balaban J connectivity index is 1.58. The Morgan fingerprint density at radius 2 is 1.78 bits per heavy atom. The summed E-state index contributed by atoms with van der Waals surface area (Å²) in [6, 6.07) is 12.8. The van der Waals surface area contributed by atoms with Crippen LogP contribution in [0.2, 0.25) is 0 Å². The van der Waals surface area contributed by atoms with Gasteiger partial charge in [-0.3, -0.25) is 19.8 Å². The Morgan fingerprint density at radius 1 is 1.12 bits per heavy atom. The Labute approximate surface area is 240 Å². The van der Waals surface area contributed by atoms with Gasteiger partial charge in [0.15, 0.2) is 0 Å². The van der Waals surface area contributed by atoms with Crippen molar-refractivity contribution in [2.45, 2.75) is 38.8 Å². The molecular weight excluding hydrogens is 528 g/mol. The number of hydrogen-bond donors (Lipinski definition) is 1. The van der Waals surface area contributed by atoms with Gasteiger partial charge in [-0.1, -0.05) is 12.1 Å². The molecule has 0 spiro atoms. The summed E-state index contributed by atoms with van der Waals surface area (Å²) < 4.78 is 10.7. The molecule has 12 nitrogen and oxygen atoms in total. The molecule has 41 heavy (non-hydrogen) atoms. The van der Waals surface area contributed by atoms with Gasteiger partial charge in [0.1, 0.15) is 12.3 Å². The van der Waals surface area contributed by atoms with Crippen molar-refractivity contribution < 1.29 is 24.0 Å². The molecule has 2 aliphatic rings. The van der Waals surface area contributed by atoms with E-state index < -0.39 is 16.5 Å². The summed E-state index contributed by atoms with van der Waals surface area (Å²) in [5.74, 6) is 0.364. The van der Waals surface area contributed by atoms with Gasteiger partial charge < -0.3 is 19.7 Å². The lowest BCUT2D eigenvalue weighted by Gasteiger charge is -2.32. The number of urea groups is 1. The highest BCUT2D eigenvalue weighted by Gasteiger charge is 2.35. The zero-order valence-corrected chi connectivity index (χ0v) is 24.0. The predicted octanol–water partition coefficient (Wildman–Crippen LogP) is 3.42. The van der Waals surface area contributed by atoms with Crippen LogP contribution in [0.3, 0.4) is 0 Å². The number of amides is 3. The van der Waals surface area contributed by atoms with Gasteiger partial charge >= 0.3 is 6.03 Å². The average molecular weight is 567 g/mol. The maximum Gasteiger partial charge on any atom is 0.318 e. The largest absolute Gasteiger partial charge is 0.497 e. The molecule has 2 aromatic carbocycles. The third-order valence-corrected chi connectivity index (χ3v) is 6.96. The maximum absolute atomic E-state index is 13.9. The van der Waals surface area contributed by atoms with Crippen molar-refractivity contribution in [1.29, 1.82) is 0 Å². The monoisotopic (exact) mass is 566 g/mol. The minimum Gasteiger partial charge on any atom is -0.497 e. The van der Waals surface area contributed by atoms with Crippen LogP contribution >= 0.6 is 0 Å². The molecule has 1 saturated heterocycles. The van der Waals surface area contributed by atoms with Gasteiger partial charge in [-0.25, -0.2) is 9.80 Å². The number of hydrazone groups is 1. The fraction of sp³-hybridized carbons (Fsp3) is 0.483. The second kappa shape index (κ2) is 13.1. The van der Waals surface area contributed by atoms with Crippen LogP contribution < -0.4 is 10.1 Å². The van der Waals surface area contributed by atoms with E-state index in [0.717, 1.165) is 18.7 Å². The number of methoxy groups -OCH3 is 1. The number of hydrogen-bond acceptors (Lipinski definition) is 8. The van der Waals surface area contributed by atoms with E-state index in [1.807, 2.05) is 45.0 Å². The number of carbonyl (C=O) groups excluding carboxylic acids is 2. The molecule has 0 unspecified atom stereocenters. The number of ether oxygens (including phenoxy) is 2. The molecule has 3 amide bonds. The van der Waals surface area contributed by atoms with E-state index in [2.05, 4.69) is 15.3 Å². The summed E-state index contributed by atoms with van der Waals surface area (Å²) in [6.45, 7) is 9.36. The van der Waals surface area contributed by atoms with E-state index in [1.54, 1.807) is 19.2 Å². The van der Waals surface area contributed by atoms with E-state index >= 15 is 0 Å². The molecule has 4 rings (SSSR count). The van der Waals surface area contributed by atoms with Crippen LogP contribution in [-0.4, -0.2) is 96.0 Å². The molecule has 1 N–H and O–H groups in total. The fourth-order valence-electron chi connectivity index (χ4n) is 4.75. The highest BCUT2D eigenvalue weighted by molar-refractivity contribution is 6.03. The van der Waals surface area contributed by atoms with Crippen LogP contribution in [0.1, 0.15) is 44.4 Å². The van der Waals surface area contributed by atoms with E-state index in [0.29, 0.717) is 49.7 Å². The van der Waals surface area contributed by atoms with Gasteiger partial charge in [-0.05, 0) is 56.2 Å². The quantitative estimate of drug-likeness (QED) is 0.364. The number of non-ortho nitro benzene ring substituents is 1. The maximum atomic E-state index is 13.9. The number of carbonyl (C=O) groups is 2. The number of nitrogens with zero attached hydrogens (tertiary/aromatic N) is 5. The van der Waals surface area contributed by atoms with Crippen molar-refractivity contribution in [1.82, 2.24) is 20.1 Å². The van der Waals surface area contributed by atoms with Crippen LogP contribution in [-0.2, 0) is 9.53 Å². The van der Waals surface area contributed by atoms with E-state index in [-0.39, 0.29) is 24.2 Å². The van der Waals surface area contributed by atoms with Gasteiger partial charge in [-0.15, -0.1) is 0 Å². The smallest absolute Gasteiger partial charge is 0.318 e. The highest BCUT2D eigenvalue weighted by Crippen LogP contribution is 2.34. The Bertz CT molecular complexity index is 1250. The number of morpholine rings is 1. The molecule has 0 radical (unpaired) electrons. The van der Waals surface area contributed by atoms with Gasteiger partial charge in [-0.2, -0.15) is 5.10 Å². The van der Waals surface area contributed by atoms with Crippen molar-refractivity contribution in [2.24, 2.45) is 5.10 Å². The lowest BCUT2D eigenvalue weighted by molar-refractivity contribution is -0.384. The van der Waals surface area contributed by atoms with Gasteiger partial charge in [0.05, 0.1) is 37.0 Å². The van der Waals surface area contributed by atoms with Crippen molar-refractivity contribution >= 4 is 23.3 Å². The summed E-state index contributed by atoms with van der Waals surface area (Å²) in [6.07, 6.45) is 0.415. The summed E-state index contributed by atoms with van der Waals surface area (Å²) in [7, 11) is 1.59. The Kier molecular flexibility index (Phi) is 9.56. The van der Waals surface area contributed by atoms with E-state index in [4.69, 9.17) is 9.47 Å². The zero-order valence-electron chi connectivity index (χ0n) is 24.0. The molecule has 2 heterocycles. The normalized spacial score (nSPS) is 17.6. The highest BCUT2D eigenvalue weighted by atomic mass is 16.6. The van der Waals surface area contributed by atoms with Crippen LogP contribution in [0.4, 0.5) is 10.5 Å². The van der Waals surface area contributed by atoms with Crippen molar-refractivity contribution in [3.63, 3.8) is 0 Å². The second-order valence-corrected chi connectivity index (χ2v) is 11.1. The summed E-state index contributed by atoms with van der Waals surface area (Å²) in [4.78, 5) is 41.6. The lowest BCUT2D eigenvalue weighted by atomic mass is 9.98. The number of nitro groups is 1. The topological polar surface area (TPSA) is 130 Å². The first-order valence-electron chi connectivity index (χ1n) is 13.7. The number of nitro benzene ring substituents is 1. The lowest BCUT2D eigenvalue weighted by Crippen LogP contribution is -2.53. The molecule has 1 fully saturated rings. The van der Waals surface area contributed by atoms with Crippen molar-refractivity contribution in [3.05, 3.63) is 69.8 Å². The first-order chi connectivity index (χ1) is 19.5. The molecule has 2 aromatic rings. The van der Waals surface area contributed by atoms with Crippen LogP contribution in [0, 0.1) is 10.1 Å². The third kappa shape index (κ3) is 8.01. The molecule has 0 bridgehead atoms. The zero-order chi connectivity index (χ0) is 29.6. The number of benzene rings is 2. The second-order valence-electron chi connectivity index (χ2n) is 11.1. The third-order valence-electron chi connectivity index (χ3n) is 6.96. The molecule has 12 heteroatoms. The van der Waals surface area contributed by atoms with E-state index in [1.165, 1.54) is 22.0 Å². The van der Waals surface area contributed by atoms with E-state index in [9.17, 15) is 19.7 Å². The Hall–Kier alpha value is -4.03. The van der Waals surface area contributed by atoms with Gasteiger partial charge in [0.2, 0.25) is 0 Å².